The molecular weight excluding hydrogens is 264 g/mol. The van der Waals surface area contributed by atoms with Gasteiger partial charge in [-0.3, -0.25) is 4.68 Å². The highest BCUT2D eigenvalue weighted by molar-refractivity contribution is 6.31. The van der Waals surface area contributed by atoms with Crippen LogP contribution in [0.2, 0.25) is 5.02 Å². The van der Waals surface area contributed by atoms with Crippen LogP contribution in [-0.2, 0) is 6.54 Å². The zero-order chi connectivity index (χ0) is 14.0. The van der Waals surface area contributed by atoms with Crippen LogP contribution in [0.4, 0.5) is 0 Å². The van der Waals surface area contributed by atoms with Gasteiger partial charge in [0.1, 0.15) is 0 Å². The van der Waals surface area contributed by atoms with Crippen molar-refractivity contribution in [2.45, 2.75) is 26.3 Å². The predicted molar refractivity (Wildman–Crippen MR) is 73.8 cm³/mol. The maximum atomic E-state index is 11.0. The quantitative estimate of drug-likeness (QED) is 0.932. The van der Waals surface area contributed by atoms with Crippen molar-refractivity contribution < 1.29 is 9.90 Å². The van der Waals surface area contributed by atoms with E-state index in [1.54, 1.807) is 10.7 Å². The number of hydrogen-bond donors (Lipinski definition) is 1. The molecular formula is C14H15ClN2O2. The van der Waals surface area contributed by atoms with Crippen LogP contribution in [0, 0.1) is 0 Å². The van der Waals surface area contributed by atoms with E-state index in [1.165, 1.54) is 0 Å². The molecule has 0 saturated carbocycles. The molecule has 0 bridgehead atoms. The first-order valence-corrected chi connectivity index (χ1v) is 6.41. The molecule has 0 spiro atoms. The van der Waals surface area contributed by atoms with Gasteiger partial charge in [0, 0.05) is 10.7 Å². The lowest BCUT2D eigenvalue weighted by molar-refractivity contribution is 0.0689. The average molecular weight is 279 g/mol. The molecule has 0 radical (unpaired) electrons. The van der Waals surface area contributed by atoms with E-state index in [9.17, 15) is 4.79 Å². The molecule has 0 atom stereocenters. The summed E-state index contributed by atoms with van der Waals surface area (Å²) in [7, 11) is 0. The Labute approximate surface area is 116 Å². The van der Waals surface area contributed by atoms with Crippen molar-refractivity contribution in [3.05, 3.63) is 52.3 Å². The number of carboxylic acids is 1. The summed E-state index contributed by atoms with van der Waals surface area (Å²) in [4.78, 5) is 11.0. The third-order valence-electron chi connectivity index (χ3n) is 2.90. The molecule has 0 saturated heterocycles. The van der Waals surface area contributed by atoms with E-state index in [0.717, 1.165) is 11.3 Å². The summed E-state index contributed by atoms with van der Waals surface area (Å²) in [5.41, 5.74) is 1.87. The number of hydrogen-bond acceptors (Lipinski definition) is 2. The summed E-state index contributed by atoms with van der Waals surface area (Å²) in [6, 6.07) is 9.10. The molecule has 0 unspecified atom stereocenters. The lowest BCUT2D eigenvalue weighted by Crippen LogP contribution is -2.08. The van der Waals surface area contributed by atoms with Crippen molar-refractivity contribution in [3.8, 4) is 0 Å². The van der Waals surface area contributed by atoms with E-state index < -0.39 is 5.97 Å². The number of aromatic carboxylic acids is 1. The summed E-state index contributed by atoms with van der Waals surface area (Å²) in [5.74, 6) is -0.817. The van der Waals surface area contributed by atoms with Crippen LogP contribution in [0.15, 0.2) is 30.3 Å². The summed E-state index contributed by atoms with van der Waals surface area (Å²) < 4.78 is 1.70. The van der Waals surface area contributed by atoms with Crippen LogP contribution >= 0.6 is 11.6 Å². The van der Waals surface area contributed by atoms with E-state index in [-0.39, 0.29) is 11.6 Å². The van der Waals surface area contributed by atoms with Crippen LogP contribution < -0.4 is 0 Å². The van der Waals surface area contributed by atoms with Gasteiger partial charge >= 0.3 is 5.97 Å². The SMILES string of the molecule is CC(C)c1cc(C(=O)O)nn1Cc1ccccc1Cl. The van der Waals surface area contributed by atoms with Gasteiger partial charge in [0.15, 0.2) is 5.69 Å². The second kappa shape index (κ2) is 5.45. The monoisotopic (exact) mass is 278 g/mol. The van der Waals surface area contributed by atoms with Crippen LogP contribution in [0.3, 0.4) is 0 Å². The summed E-state index contributed by atoms with van der Waals surface area (Å²) in [6.45, 7) is 4.48. The molecule has 1 aromatic carbocycles. The van der Waals surface area contributed by atoms with Crippen LogP contribution in [0.1, 0.15) is 41.5 Å². The van der Waals surface area contributed by atoms with E-state index in [0.29, 0.717) is 11.6 Å². The predicted octanol–water partition coefficient (Wildman–Crippen LogP) is 3.41. The lowest BCUT2D eigenvalue weighted by Gasteiger charge is -2.10. The highest BCUT2D eigenvalue weighted by Gasteiger charge is 2.16. The van der Waals surface area contributed by atoms with E-state index in [2.05, 4.69) is 5.10 Å². The molecule has 0 amide bonds. The summed E-state index contributed by atoms with van der Waals surface area (Å²) in [6.07, 6.45) is 0. The van der Waals surface area contributed by atoms with Crippen molar-refractivity contribution >= 4 is 17.6 Å². The molecule has 0 aliphatic rings. The van der Waals surface area contributed by atoms with Crippen molar-refractivity contribution in [2.24, 2.45) is 0 Å². The van der Waals surface area contributed by atoms with E-state index in [4.69, 9.17) is 16.7 Å². The number of nitrogens with zero attached hydrogens (tertiary/aromatic N) is 2. The Morgan fingerprint density at radius 1 is 1.42 bits per heavy atom. The second-order valence-corrected chi connectivity index (χ2v) is 5.07. The minimum Gasteiger partial charge on any atom is -0.476 e. The molecule has 1 aromatic heterocycles. The standard InChI is InChI=1S/C14H15ClN2O2/c1-9(2)13-7-12(14(18)19)16-17(13)8-10-5-3-4-6-11(10)15/h3-7,9H,8H2,1-2H3,(H,18,19). The number of carbonyl (C=O) groups is 1. The molecule has 0 fully saturated rings. The highest BCUT2D eigenvalue weighted by atomic mass is 35.5. The first-order valence-electron chi connectivity index (χ1n) is 6.03. The lowest BCUT2D eigenvalue weighted by atomic mass is 10.1. The number of carboxylic acid groups (broad SMARTS) is 1. The summed E-state index contributed by atoms with van der Waals surface area (Å²) >= 11 is 6.12. The first kappa shape index (κ1) is 13.6. The Kier molecular flexibility index (Phi) is 3.90. The van der Waals surface area contributed by atoms with Gasteiger partial charge in [0.2, 0.25) is 0 Å². The van der Waals surface area contributed by atoms with Crippen molar-refractivity contribution in [1.29, 1.82) is 0 Å². The molecule has 0 aliphatic carbocycles. The third-order valence-corrected chi connectivity index (χ3v) is 3.27. The van der Waals surface area contributed by atoms with Gasteiger partial charge in [-0.2, -0.15) is 5.10 Å². The summed E-state index contributed by atoms with van der Waals surface area (Å²) in [5, 5.41) is 13.8. The molecule has 1 N–H and O–H groups in total. The van der Waals surface area contributed by atoms with Crippen molar-refractivity contribution in [3.63, 3.8) is 0 Å². The van der Waals surface area contributed by atoms with Crippen molar-refractivity contribution in [2.75, 3.05) is 0 Å². The van der Waals surface area contributed by atoms with Crippen LogP contribution in [0.25, 0.3) is 0 Å². The first-order chi connectivity index (χ1) is 8.99. The number of aromatic nitrogens is 2. The Hall–Kier alpha value is -1.81. The molecule has 4 nitrogen and oxygen atoms in total. The van der Waals surface area contributed by atoms with Gasteiger partial charge in [-0.05, 0) is 23.6 Å². The Morgan fingerprint density at radius 2 is 2.11 bits per heavy atom. The molecule has 2 aromatic rings. The van der Waals surface area contributed by atoms with Gasteiger partial charge in [0.25, 0.3) is 0 Å². The Morgan fingerprint density at radius 3 is 2.68 bits per heavy atom. The normalized spacial score (nSPS) is 10.9. The molecule has 19 heavy (non-hydrogen) atoms. The third kappa shape index (κ3) is 2.96. The van der Waals surface area contributed by atoms with Gasteiger partial charge in [-0.1, -0.05) is 43.6 Å². The van der Waals surface area contributed by atoms with Crippen LogP contribution in [-0.4, -0.2) is 20.9 Å². The maximum Gasteiger partial charge on any atom is 0.356 e. The molecule has 100 valence electrons. The fraction of sp³-hybridized carbons (Fsp3) is 0.286. The molecule has 0 aliphatic heterocycles. The number of benzene rings is 1. The molecule has 2 rings (SSSR count). The minimum atomic E-state index is -1.01. The van der Waals surface area contributed by atoms with Crippen molar-refractivity contribution in [1.82, 2.24) is 9.78 Å². The van der Waals surface area contributed by atoms with Crippen LogP contribution in [0.5, 0.6) is 0 Å². The number of halogens is 1. The topological polar surface area (TPSA) is 55.1 Å². The van der Waals surface area contributed by atoms with E-state index >= 15 is 0 Å². The Balaban J connectivity index is 2.39. The van der Waals surface area contributed by atoms with Gasteiger partial charge in [-0.15, -0.1) is 0 Å². The smallest absolute Gasteiger partial charge is 0.356 e. The van der Waals surface area contributed by atoms with Gasteiger partial charge in [-0.25, -0.2) is 4.79 Å². The molecule has 5 heteroatoms. The van der Waals surface area contributed by atoms with E-state index in [1.807, 2.05) is 38.1 Å². The Bertz CT molecular complexity index is 605. The highest BCUT2D eigenvalue weighted by Crippen LogP contribution is 2.21. The number of rotatable bonds is 4. The average Bonchev–Trinajstić information content (AvgIpc) is 2.76. The second-order valence-electron chi connectivity index (χ2n) is 4.66. The zero-order valence-electron chi connectivity index (χ0n) is 10.8. The van der Waals surface area contributed by atoms with Gasteiger partial charge < -0.3 is 5.11 Å². The fourth-order valence-corrected chi connectivity index (χ4v) is 2.11. The van der Waals surface area contributed by atoms with Gasteiger partial charge in [0.05, 0.1) is 6.54 Å². The largest absolute Gasteiger partial charge is 0.476 e. The molecule has 1 heterocycles. The fourth-order valence-electron chi connectivity index (χ4n) is 1.92. The zero-order valence-corrected chi connectivity index (χ0v) is 11.6. The minimum absolute atomic E-state index is 0.0655. The maximum absolute atomic E-state index is 11.0.